The van der Waals surface area contributed by atoms with Gasteiger partial charge in [-0.15, -0.1) is 0 Å². The van der Waals surface area contributed by atoms with Crippen LogP contribution in [0.15, 0.2) is 82.6 Å². The van der Waals surface area contributed by atoms with Crippen LogP contribution in [0.2, 0.25) is 0 Å². The number of carbonyl (C=O) groups excluding carboxylic acids is 2. The summed E-state index contributed by atoms with van der Waals surface area (Å²) in [6, 6.07) is 15.8. The van der Waals surface area contributed by atoms with Gasteiger partial charge in [-0.3, -0.25) is 9.59 Å². The Morgan fingerprint density at radius 1 is 0.836 bits per heavy atom. The van der Waals surface area contributed by atoms with E-state index in [4.69, 9.17) is 9.47 Å². The van der Waals surface area contributed by atoms with Crippen LogP contribution in [0.25, 0.3) is 16.8 Å². The van der Waals surface area contributed by atoms with E-state index in [1.54, 1.807) is 5.57 Å². The number of carbonyl (C=O) groups is 2. The minimum absolute atomic E-state index is 0.119. The number of hydrogen-bond acceptors (Lipinski definition) is 5. The molecule has 6 nitrogen and oxygen atoms in total. The molecule has 4 aliphatic rings. The molecule has 0 bridgehead atoms. The van der Waals surface area contributed by atoms with E-state index >= 15 is 0 Å². The molecule has 7 rings (SSSR count). The molecule has 2 heterocycles. The summed E-state index contributed by atoms with van der Waals surface area (Å²) < 4.78 is 13.5. The van der Waals surface area contributed by atoms with Crippen molar-refractivity contribution in [2.24, 2.45) is 0 Å². The molecule has 0 saturated carbocycles. The molecule has 3 aromatic rings. The average molecular weight is 740 g/mol. The molecule has 0 fully saturated rings. The van der Waals surface area contributed by atoms with Crippen molar-refractivity contribution in [2.45, 2.75) is 118 Å². The van der Waals surface area contributed by atoms with E-state index in [1.807, 2.05) is 0 Å². The number of aryl methyl sites for hydroxylation is 1. The first-order valence-corrected chi connectivity index (χ1v) is 20.4. The summed E-state index contributed by atoms with van der Waals surface area (Å²) in [4.78, 5) is 25.9. The maximum absolute atomic E-state index is 11.8. The summed E-state index contributed by atoms with van der Waals surface area (Å²) in [5, 5.41) is 2.54. The summed E-state index contributed by atoms with van der Waals surface area (Å²) in [5.74, 6) is -0.483. The Labute approximate surface area is 328 Å². The summed E-state index contributed by atoms with van der Waals surface area (Å²) in [6.45, 7) is 21.1. The van der Waals surface area contributed by atoms with Gasteiger partial charge in [0.2, 0.25) is 5.69 Å². The van der Waals surface area contributed by atoms with Gasteiger partial charge in [0, 0.05) is 48.7 Å². The Morgan fingerprint density at radius 3 is 2.35 bits per heavy atom. The Balaban J connectivity index is 1.21. The van der Waals surface area contributed by atoms with Gasteiger partial charge in [-0.2, -0.15) is 4.58 Å². The van der Waals surface area contributed by atoms with Crippen LogP contribution >= 0.6 is 0 Å². The molecule has 55 heavy (non-hydrogen) atoms. The average Bonchev–Trinajstić information content (AvgIpc) is 3.70. The number of benzene rings is 3. The van der Waals surface area contributed by atoms with Gasteiger partial charge in [-0.1, -0.05) is 73.9 Å². The summed E-state index contributed by atoms with van der Waals surface area (Å²) >= 11 is 0. The van der Waals surface area contributed by atoms with Crippen LogP contribution in [-0.2, 0) is 36.3 Å². The van der Waals surface area contributed by atoms with E-state index in [9.17, 15) is 9.59 Å². The number of ether oxygens (including phenoxy) is 2. The van der Waals surface area contributed by atoms with Gasteiger partial charge in [0.15, 0.2) is 18.9 Å². The maximum Gasteiger partial charge on any atom is 0.302 e. The summed E-state index contributed by atoms with van der Waals surface area (Å²) in [7, 11) is 0. The number of nitrogens with zero attached hydrogens (tertiary/aromatic N) is 2. The molecule has 288 valence electrons. The zero-order chi connectivity index (χ0) is 39.2. The molecule has 0 amide bonds. The molecule has 3 aromatic carbocycles. The van der Waals surface area contributed by atoms with Gasteiger partial charge < -0.3 is 14.4 Å². The van der Waals surface area contributed by atoms with Crippen molar-refractivity contribution in [3.05, 3.63) is 110 Å². The van der Waals surface area contributed by atoms with Crippen molar-refractivity contribution in [3.8, 4) is 0 Å². The molecule has 0 N–H and O–H groups in total. The number of fused-ring (bicyclic) bond motifs is 6. The monoisotopic (exact) mass is 739 g/mol. The predicted octanol–water partition coefficient (Wildman–Crippen LogP) is 10.9. The molecule has 6 heteroatoms. The highest BCUT2D eigenvalue weighted by atomic mass is 16.5. The Bertz CT molecular complexity index is 2240. The van der Waals surface area contributed by atoms with Gasteiger partial charge in [-0.05, 0) is 123 Å². The third kappa shape index (κ3) is 7.14. The smallest absolute Gasteiger partial charge is 0.302 e. The van der Waals surface area contributed by atoms with E-state index < -0.39 is 0 Å². The fourth-order valence-electron chi connectivity index (χ4n) is 10.2. The lowest BCUT2D eigenvalue weighted by Gasteiger charge is -2.27. The number of allylic oxidation sites excluding steroid dienone is 7. The zero-order valence-corrected chi connectivity index (χ0v) is 34.6. The fraction of sp³-hybridized carbons (Fsp3) is 0.449. The Morgan fingerprint density at radius 2 is 1.60 bits per heavy atom. The van der Waals surface area contributed by atoms with Crippen molar-refractivity contribution in [1.29, 1.82) is 0 Å². The highest BCUT2D eigenvalue weighted by molar-refractivity contribution is 5.97. The molecule has 0 spiro atoms. The molecule has 0 unspecified atom stereocenters. The van der Waals surface area contributed by atoms with Gasteiger partial charge in [0.05, 0.1) is 12.0 Å². The summed E-state index contributed by atoms with van der Waals surface area (Å²) in [6.07, 6.45) is 14.4. The van der Waals surface area contributed by atoms with E-state index in [-0.39, 0.29) is 22.8 Å². The highest BCUT2D eigenvalue weighted by Crippen LogP contribution is 2.51. The number of esters is 2. The fourth-order valence-corrected chi connectivity index (χ4v) is 10.2. The van der Waals surface area contributed by atoms with E-state index in [0.717, 1.165) is 44.9 Å². The first kappa shape index (κ1) is 38.6. The van der Waals surface area contributed by atoms with Crippen LogP contribution in [0.1, 0.15) is 122 Å². The Kier molecular flexibility index (Phi) is 10.6. The predicted molar refractivity (Wildman–Crippen MR) is 226 cm³/mol. The molecule has 0 radical (unpaired) electrons. The molecule has 2 aliphatic heterocycles. The van der Waals surface area contributed by atoms with Crippen molar-refractivity contribution in [3.63, 3.8) is 0 Å². The van der Waals surface area contributed by atoms with Gasteiger partial charge in [0.25, 0.3) is 0 Å². The maximum atomic E-state index is 11.8. The van der Waals surface area contributed by atoms with Crippen molar-refractivity contribution >= 4 is 45.9 Å². The van der Waals surface area contributed by atoms with Crippen LogP contribution in [0, 0.1) is 6.92 Å². The molecule has 0 atom stereocenters. The third-order valence-electron chi connectivity index (χ3n) is 12.7. The first-order chi connectivity index (χ1) is 26.2. The SMILES string of the molecule is CCC1=C(CCC2=[N+](CCOC(C)=O)c3ccc4c(c3C2(C)C)CCC(C)=C4)CCC1=CC=C1N(CCOC(C)=O)c2ccc3cc(C)ccc3c2C1(C)C. The van der Waals surface area contributed by atoms with E-state index in [0.29, 0.717) is 26.3 Å². The molecule has 0 saturated heterocycles. The largest absolute Gasteiger partial charge is 0.464 e. The molecule has 0 aromatic heterocycles. The van der Waals surface area contributed by atoms with Crippen LogP contribution in [0.4, 0.5) is 11.4 Å². The second-order valence-electron chi connectivity index (χ2n) is 17.1. The lowest BCUT2D eigenvalue weighted by Crippen LogP contribution is -2.31. The second kappa shape index (κ2) is 15.1. The van der Waals surface area contributed by atoms with Crippen molar-refractivity contribution in [1.82, 2.24) is 0 Å². The number of hydrogen-bond donors (Lipinski definition) is 0. The highest BCUT2D eigenvalue weighted by Gasteiger charge is 2.47. The Hall–Kier alpha value is -4.71. The van der Waals surface area contributed by atoms with E-state index in [1.165, 1.54) is 91.9 Å². The van der Waals surface area contributed by atoms with Gasteiger partial charge >= 0.3 is 11.9 Å². The van der Waals surface area contributed by atoms with Crippen LogP contribution in [0.3, 0.4) is 0 Å². The number of rotatable bonds is 11. The van der Waals surface area contributed by atoms with Gasteiger partial charge in [0.1, 0.15) is 6.61 Å². The first-order valence-electron chi connectivity index (χ1n) is 20.4. The molecular formula is C49H59N2O4+. The third-order valence-corrected chi connectivity index (χ3v) is 12.7. The van der Waals surface area contributed by atoms with Crippen molar-refractivity contribution < 1.29 is 23.6 Å². The molecule has 2 aliphatic carbocycles. The topological polar surface area (TPSA) is 58.9 Å². The quantitative estimate of drug-likeness (QED) is 0.145. The van der Waals surface area contributed by atoms with Crippen molar-refractivity contribution in [2.75, 3.05) is 31.2 Å². The van der Waals surface area contributed by atoms with Crippen LogP contribution in [0.5, 0.6) is 0 Å². The number of anilines is 1. The lowest BCUT2D eigenvalue weighted by atomic mass is 9.74. The van der Waals surface area contributed by atoms with Crippen LogP contribution < -0.4 is 4.90 Å². The summed E-state index contributed by atoms with van der Waals surface area (Å²) in [5.41, 5.74) is 17.6. The minimum atomic E-state index is -0.251. The van der Waals surface area contributed by atoms with Crippen LogP contribution in [-0.4, -0.2) is 48.5 Å². The van der Waals surface area contributed by atoms with E-state index in [2.05, 4.69) is 119 Å². The zero-order valence-electron chi connectivity index (χ0n) is 34.6. The minimum Gasteiger partial charge on any atom is -0.464 e. The normalized spacial score (nSPS) is 19.7. The standard InChI is InChI=1S/C49H59N2O4/c1-10-39-35(17-23-44-48(6,7)46-40-19-11-31(2)29-37(40)15-21-42(46)50(44)25-27-54-33(4)52)13-14-36(39)18-24-45-49(8,9)47-41-20-12-32(3)30-38(41)16-22-43(47)51(45)26-28-55-34(5)53/h11,15-17,19,21-23,29-30H,10,12-14,18,20,24-28H2,1-9H3/q+1. The second-order valence-corrected chi connectivity index (χ2v) is 17.1. The van der Waals surface area contributed by atoms with Gasteiger partial charge in [-0.25, -0.2) is 0 Å². The molecular weight excluding hydrogens is 681 g/mol. The lowest BCUT2D eigenvalue weighted by molar-refractivity contribution is -0.443.